The van der Waals surface area contributed by atoms with Gasteiger partial charge in [0.05, 0.1) is 12.5 Å². The van der Waals surface area contributed by atoms with Crippen molar-refractivity contribution >= 4 is 41.5 Å². The van der Waals surface area contributed by atoms with Crippen molar-refractivity contribution in [1.29, 1.82) is 0 Å². The number of primary amides is 1. The number of carbonyl (C=O) groups excluding carboxylic acids is 4. The van der Waals surface area contributed by atoms with E-state index in [0.717, 1.165) is 0 Å². The summed E-state index contributed by atoms with van der Waals surface area (Å²) in [4.78, 5) is 75.8. The third-order valence-electron chi connectivity index (χ3n) is 5.18. The van der Waals surface area contributed by atoms with Crippen LogP contribution in [0.5, 0.6) is 0 Å². The predicted octanol–water partition coefficient (Wildman–Crippen LogP) is -4.22. The highest BCUT2D eigenvalue weighted by Crippen LogP contribution is 2.05. The summed E-state index contributed by atoms with van der Waals surface area (Å²) in [5.41, 5.74) is 27.1. The van der Waals surface area contributed by atoms with Gasteiger partial charge in [-0.25, -0.2) is 4.79 Å². The van der Waals surface area contributed by atoms with E-state index >= 15 is 0 Å². The Morgan fingerprint density at radius 2 is 1.32 bits per heavy atom. The molecule has 0 saturated carbocycles. The minimum absolute atomic E-state index is 0.0190. The van der Waals surface area contributed by atoms with Gasteiger partial charge in [-0.3, -0.25) is 29.0 Å². The number of nitrogens with two attached hydrogens (primary N) is 5. The Bertz CT molecular complexity index is 864. The molecule has 38 heavy (non-hydrogen) atoms. The monoisotopic (exact) mass is 545 g/mol. The van der Waals surface area contributed by atoms with E-state index in [1.54, 1.807) is 0 Å². The third-order valence-corrected chi connectivity index (χ3v) is 5.18. The largest absolute Gasteiger partial charge is 0.481 e. The van der Waals surface area contributed by atoms with Crippen LogP contribution in [0.2, 0.25) is 0 Å². The number of nitrogens with one attached hydrogen (secondary N) is 3. The zero-order chi connectivity index (χ0) is 29.3. The van der Waals surface area contributed by atoms with Crippen molar-refractivity contribution in [1.82, 2.24) is 16.0 Å². The Morgan fingerprint density at radius 3 is 1.84 bits per heavy atom. The number of hydrogen-bond donors (Lipinski definition) is 10. The van der Waals surface area contributed by atoms with Gasteiger partial charge in [-0.05, 0) is 38.6 Å². The standard InChI is InChI=1S/C21H39N9O8/c22-8-2-1-4-11(23)17(34)28-12(5-3-9-27-21(25)26)18(35)30-14(10-15(24)31)19(36)29-13(20(37)38)6-7-16(32)33/h11-14H,1-10,22-23H2,(H2,24,31)(H,28,34)(H,29,36)(H,30,35)(H,32,33)(H,37,38)(H4,25,26,27). The summed E-state index contributed by atoms with van der Waals surface area (Å²) < 4.78 is 0. The molecule has 0 heterocycles. The van der Waals surface area contributed by atoms with Gasteiger partial charge in [-0.2, -0.15) is 0 Å². The second-order valence-corrected chi connectivity index (χ2v) is 8.46. The molecule has 4 atom stereocenters. The maximum absolute atomic E-state index is 13.0. The maximum Gasteiger partial charge on any atom is 0.326 e. The number of unbranched alkanes of at least 4 members (excludes halogenated alkanes) is 1. The SMILES string of the molecule is NCCCCC(N)C(=O)NC(CCCN=C(N)N)C(=O)NC(CC(N)=O)C(=O)NC(CCC(=O)O)C(=O)O. The average molecular weight is 546 g/mol. The molecule has 0 bridgehead atoms. The molecule has 4 unspecified atom stereocenters. The Hall–Kier alpha value is -3.99. The smallest absolute Gasteiger partial charge is 0.326 e. The van der Waals surface area contributed by atoms with E-state index in [-0.39, 0.29) is 25.3 Å². The first-order valence-corrected chi connectivity index (χ1v) is 11.9. The van der Waals surface area contributed by atoms with Gasteiger partial charge in [0.15, 0.2) is 5.96 Å². The topological polar surface area (TPSA) is 321 Å². The van der Waals surface area contributed by atoms with Crippen LogP contribution in [0.15, 0.2) is 4.99 Å². The summed E-state index contributed by atoms with van der Waals surface area (Å²) in [7, 11) is 0. The molecule has 0 radical (unpaired) electrons. The van der Waals surface area contributed by atoms with Gasteiger partial charge < -0.3 is 54.8 Å². The van der Waals surface area contributed by atoms with Crippen LogP contribution in [-0.2, 0) is 28.8 Å². The summed E-state index contributed by atoms with van der Waals surface area (Å²) >= 11 is 0. The van der Waals surface area contributed by atoms with Crippen LogP contribution in [0.4, 0.5) is 0 Å². The van der Waals surface area contributed by atoms with Crippen molar-refractivity contribution in [2.45, 2.75) is 75.5 Å². The predicted molar refractivity (Wildman–Crippen MR) is 135 cm³/mol. The van der Waals surface area contributed by atoms with Crippen LogP contribution in [0.1, 0.15) is 51.4 Å². The number of amides is 4. The Morgan fingerprint density at radius 1 is 0.737 bits per heavy atom. The van der Waals surface area contributed by atoms with Crippen LogP contribution in [0, 0.1) is 0 Å². The van der Waals surface area contributed by atoms with Gasteiger partial charge in [0, 0.05) is 13.0 Å². The van der Waals surface area contributed by atoms with Crippen LogP contribution >= 0.6 is 0 Å². The molecule has 17 heteroatoms. The number of guanidine groups is 1. The minimum Gasteiger partial charge on any atom is -0.481 e. The molecule has 17 nitrogen and oxygen atoms in total. The van der Waals surface area contributed by atoms with Crippen molar-refractivity contribution in [2.75, 3.05) is 13.1 Å². The molecular weight excluding hydrogens is 506 g/mol. The van der Waals surface area contributed by atoms with Crippen molar-refractivity contribution < 1.29 is 39.0 Å². The molecule has 4 amide bonds. The lowest BCUT2D eigenvalue weighted by atomic mass is 10.1. The van der Waals surface area contributed by atoms with E-state index in [0.29, 0.717) is 25.8 Å². The molecule has 0 aromatic rings. The van der Waals surface area contributed by atoms with Crippen molar-refractivity contribution in [3.05, 3.63) is 0 Å². The molecule has 0 aliphatic heterocycles. The Labute approximate surface area is 219 Å². The average Bonchev–Trinajstić information content (AvgIpc) is 2.82. The molecule has 0 aliphatic carbocycles. The molecule has 0 saturated heterocycles. The number of rotatable bonds is 20. The van der Waals surface area contributed by atoms with Crippen LogP contribution < -0.4 is 44.6 Å². The number of nitrogens with zero attached hydrogens (tertiary/aromatic N) is 1. The van der Waals surface area contributed by atoms with E-state index in [1.807, 2.05) is 0 Å². The van der Waals surface area contributed by atoms with E-state index < -0.39 is 79.0 Å². The van der Waals surface area contributed by atoms with E-state index in [9.17, 15) is 33.9 Å². The first kappa shape index (κ1) is 34.0. The summed E-state index contributed by atoms with van der Waals surface area (Å²) in [6, 6.07) is -5.37. The van der Waals surface area contributed by atoms with Gasteiger partial charge in [0.25, 0.3) is 0 Å². The van der Waals surface area contributed by atoms with Crippen LogP contribution in [-0.4, -0.2) is 89.0 Å². The minimum atomic E-state index is -1.61. The van der Waals surface area contributed by atoms with Crippen molar-refractivity contribution in [3.8, 4) is 0 Å². The number of carboxylic acids is 2. The first-order valence-electron chi connectivity index (χ1n) is 11.9. The molecular formula is C21H39N9O8. The van der Waals surface area contributed by atoms with E-state index in [4.69, 9.17) is 33.8 Å². The first-order chi connectivity index (χ1) is 17.8. The molecule has 0 aromatic heterocycles. The quantitative estimate of drug-likeness (QED) is 0.0395. The molecule has 15 N–H and O–H groups in total. The molecule has 0 spiro atoms. The fourth-order valence-corrected chi connectivity index (χ4v) is 3.17. The van der Waals surface area contributed by atoms with E-state index in [2.05, 4.69) is 20.9 Å². The van der Waals surface area contributed by atoms with Crippen molar-refractivity contribution in [3.63, 3.8) is 0 Å². The van der Waals surface area contributed by atoms with Crippen molar-refractivity contribution in [2.24, 2.45) is 33.7 Å². The number of aliphatic carboxylic acids is 2. The zero-order valence-electron chi connectivity index (χ0n) is 21.1. The van der Waals surface area contributed by atoms with Crippen LogP contribution in [0.25, 0.3) is 0 Å². The lowest BCUT2D eigenvalue weighted by Crippen LogP contribution is -2.57. The Kier molecular flexibility index (Phi) is 16.4. The summed E-state index contributed by atoms with van der Waals surface area (Å²) in [5.74, 6) is -6.57. The Balaban J connectivity index is 5.60. The highest BCUT2D eigenvalue weighted by Gasteiger charge is 2.31. The van der Waals surface area contributed by atoms with Gasteiger partial charge in [0.1, 0.15) is 18.1 Å². The second kappa shape index (κ2) is 18.3. The lowest BCUT2D eigenvalue weighted by Gasteiger charge is -2.24. The third kappa shape index (κ3) is 15.2. The molecule has 0 fully saturated rings. The fourth-order valence-electron chi connectivity index (χ4n) is 3.17. The number of carbonyl (C=O) groups is 6. The molecule has 0 aliphatic rings. The highest BCUT2D eigenvalue weighted by molar-refractivity contribution is 5.96. The molecule has 216 valence electrons. The van der Waals surface area contributed by atoms with E-state index in [1.165, 1.54) is 0 Å². The molecule has 0 aromatic carbocycles. The van der Waals surface area contributed by atoms with Gasteiger partial charge >= 0.3 is 11.9 Å². The summed E-state index contributed by atoms with van der Waals surface area (Å²) in [5, 5.41) is 24.9. The summed E-state index contributed by atoms with van der Waals surface area (Å²) in [6.07, 6.45) is 0.101. The highest BCUT2D eigenvalue weighted by atomic mass is 16.4. The van der Waals surface area contributed by atoms with Gasteiger partial charge in [-0.1, -0.05) is 6.42 Å². The number of carboxylic acid groups (broad SMARTS) is 2. The van der Waals surface area contributed by atoms with Gasteiger partial charge in [0.2, 0.25) is 23.6 Å². The zero-order valence-corrected chi connectivity index (χ0v) is 21.1. The molecule has 0 rings (SSSR count). The van der Waals surface area contributed by atoms with Crippen LogP contribution in [0.3, 0.4) is 0 Å². The number of hydrogen-bond acceptors (Lipinski definition) is 9. The fraction of sp³-hybridized carbons (Fsp3) is 0.667. The number of aliphatic imine (C=N–C) groups is 1. The summed E-state index contributed by atoms with van der Waals surface area (Å²) in [6.45, 7) is 0.548. The maximum atomic E-state index is 13.0. The lowest BCUT2D eigenvalue weighted by molar-refractivity contribution is -0.143. The normalized spacial score (nSPS) is 13.7. The second-order valence-electron chi connectivity index (χ2n) is 8.46. The van der Waals surface area contributed by atoms with Gasteiger partial charge in [-0.15, -0.1) is 0 Å².